The quantitative estimate of drug-likeness (QED) is 0.920. The first-order valence-corrected chi connectivity index (χ1v) is 8.16. The summed E-state index contributed by atoms with van der Waals surface area (Å²) in [5.74, 6) is 0. The molecule has 3 nitrogen and oxygen atoms in total. The Morgan fingerprint density at radius 3 is 2.25 bits per heavy atom. The van der Waals surface area contributed by atoms with E-state index in [1.54, 1.807) is 37.3 Å². The zero-order chi connectivity index (χ0) is 14.8. The van der Waals surface area contributed by atoms with Crippen LogP contribution in [0, 0.1) is 0 Å². The van der Waals surface area contributed by atoms with E-state index in [0.717, 1.165) is 5.56 Å². The smallest absolute Gasteiger partial charge is 0.207 e. The van der Waals surface area contributed by atoms with Gasteiger partial charge in [0.25, 0.3) is 0 Å². The van der Waals surface area contributed by atoms with Crippen molar-refractivity contribution in [2.24, 2.45) is 0 Å². The van der Waals surface area contributed by atoms with Crippen LogP contribution in [0.5, 0.6) is 0 Å². The van der Waals surface area contributed by atoms with Gasteiger partial charge in [-0.2, -0.15) is 0 Å². The third kappa shape index (κ3) is 3.73. The molecule has 0 saturated heterocycles. The normalized spacial score (nSPS) is 13.2. The fourth-order valence-corrected chi connectivity index (χ4v) is 3.32. The highest BCUT2D eigenvalue weighted by molar-refractivity contribution is 7.89. The largest absolute Gasteiger partial charge is 0.241 e. The van der Waals surface area contributed by atoms with E-state index in [9.17, 15) is 8.42 Å². The Kier molecular flexibility index (Phi) is 4.70. The summed E-state index contributed by atoms with van der Waals surface area (Å²) in [4.78, 5) is 0.177. The molecule has 0 aliphatic heterocycles. The van der Waals surface area contributed by atoms with E-state index < -0.39 is 10.0 Å². The second-order valence-corrected chi connectivity index (χ2v) is 6.94. The molecule has 0 unspecified atom stereocenters. The van der Waals surface area contributed by atoms with Crippen LogP contribution < -0.4 is 4.72 Å². The molecule has 0 radical (unpaired) electrons. The number of hydrogen-bond acceptors (Lipinski definition) is 2. The van der Waals surface area contributed by atoms with Crippen molar-refractivity contribution in [2.75, 3.05) is 0 Å². The van der Waals surface area contributed by atoms with Gasteiger partial charge in [0, 0.05) is 16.1 Å². The van der Waals surface area contributed by atoms with Crippen molar-refractivity contribution in [1.82, 2.24) is 4.72 Å². The average molecular weight is 330 g/mol. The molecule has 2 rings (SSSR count). The van der Waals surface area contributed by atoms with Gasteiger partial charge in [-0.1, -0.05) is 35.3 Å². The van der Waals surface area contributed by atoms with E-state index in [1.165, 1.54) is 12.1 Å². The Morgan fingerprint density at radius 1 is 1.00 bits per heavy atom. The summed E-state index contributed by atoms with van der Waals surface area (Å²) in [5.41, 5.74) is 0.801. The van der Waals surface area contributed by atoms with Gasteiger partial charge in [0.2, 0.25) is 10.0 Å². The molecule has 0 spiro atoms. The van der Waals surface area contributed by atoms with E-state index in [4.69, 9.17) is 23.2 Å². The van der Waals surface area contributed by atoms with Crippen LogP contribution in [0.3, 0.4) is 0 Å². The summed E-state index contributed by atoms with van der Waals surface area (Å²) in [6.45, 7) is 1.76. The summed E-state index contributed by atoms with van der Waals surface area (Å²) < 4.78 is 27.1. The number of halogens is 2. The third-order valence-corrected chi connectivity index (χ3v) is 4.85. The highest BCUT2D eigenvalue weighted by atomic mass is 35.5. The minimum absolute atomic E-state index is 0.177. The van der Waals surface area contributed by atoms with Crippen molar-refractivity contribution in [2.45, 2.75) is 17.9 Å². The molecule has 0 fully saturated rings. The van der Waals surface area contributed by atoms with E-state index in [0.29, 0.717) is 10.0 Å². The topological polar surface area (TPSA) is 46.2 Å². The van der Waals surface area contributed by atoms with Crippen molar-refractivity contribution in [3.05, 3.63) is 64.1 Å². The Balaban J connectivity index is 2.22. The predicted octanol–water partition coefficient (Wildman–Crippen LogP) is 4.03. The Bertz CT molecular complexity index is 699. The second kappa shape index (κ2) is 6.14. The van der Waals surface area contributed by atoms with Gasteiger partial charge in [0.05, 0.1) is 4.90 Å². The van der Waals surface area contributed by atoms with Gasteiger partial charge in [0.1, 0.15) is 0 Å². The highest BCUT2D eigenvalue weighted by Crippen LogP contribution is 2.20. The summed E-state index contributed by atoms with van der Waals surface area (Å²) >= 11 is 11.7. The molecular weight excluding hydrogens is 317 g/mol. The van der Waals surface area contributed by atoms with Crippen LogP contribution in [0.15, 0.2) is 53.4 Å². The van der Waals surface area contributed by atoms with Crippen molar-refractivity contribution in [1.29, 1.82) is 0 Å². The van der Waals surface area contributed by atoms with Crippen LogP contribution in [0.1, 0.15) is 18.5 Å². The second-order valence-electron chi connectivity index (χ2n) is 4.35. The van der Waals surface area contributed by atoms with E-state index >= 15 is 0 Å². The summed E-state index contributed by atoms with van der Waals surface area (Å²) in [6, 6.07) is 12.7. The van der Waals surface area contributed by atoms with Crippen LogP contribution in [0.2, 0.25) is 10.0 Å². The standard InChI is InChI=1S/C14H13Cl2NO2S/c1-10(11-3-2-4-13(16)9-11)17-20(18,19)14-7-5-12(15)6-8-14/h2-10,17H,1H3/t10-/m1/s1. The maximum Gasteiger partial charge on any atom is 0.241 e. The van der Waals surface area contributed by atoms with Crippen molar-refractivity contribution in [3.8, 4) is 0 Å². The van der Waals surface area contributed by atoms with Gasteiger partial charge in [-0.05, 0) is 48.9 Å². The summed E-state index contributed by atoms with van der Waals surface area (Å²) in [6.07, 6.45) is 0. The average Bonchev–Trinajstić information content (AvgIpc) is 2.38. The molecule has 1 atom stereocenters. The SMILES string of the molecule is C[C@@H](NS(=O)(=O)c1ccc(Cl)cc1)c1cccc(Cl)c1. The molecule has 20 heavy (non-hydrogen) atoms. The molecule has 2 aromatic carbocycles. The maximum absolute atomic E-state index is 12.2. The minimum Gasteiger partial charge on any atom is -0.207 e. The first kappa shape index (κ1) is 15.3. The molecule has 1 N–H and O–H groups in total. The van der Waals surface area contributed by atoms with Crippen molar-refractivity contribution < 1.29 is 8.42 Å². The Hall–Kier alpha value is -1.07. The van der Waals surface area contributed by atoms with Crippen LogP contribution in [0.4, 0.5) is 0 Å². The number of rotatable bonds is 4. The zero-order valence-electron chi connectivity index (χ0n) is 10.7. The van der Waals surface area contributed by atoms with Gasteiger partial charge in [-0.15, -0.1) is 0 Å². The van der Waals surface area contributed by atoms with Gasteiger partial charge in [-0.25, -0.2) is 13.1 Å². The van der Waals surface area contributed by atoms with Crippen molar-refractivity contribution in [3.63, 3.8) is 0 Å². The first-order valence-electron chi connectivity index (χ1n) is 5.92. The summed E-state index contributed by atoms with van der Waals surface area (Å²) in [7, 11) is -3.59. The molecule has 106 valence electrons. The molecule has 0 aliphatic rings. The maximum atomic E-state index is 12.2. The molecule has 0 aliphatic carbocycles. The molecule has 0 heterocycles. The minimum atomic E-state index is -3.59. The van der Waals surface area contributed by atoms with Crippen LogP contribution in [-0.2, 0) is 10.0 Å². The third-order valence-electron chi connectivity index (χ3n) is 2.80. The van der Waals surface area contributed by atoms with E-state index in [2.05, 4.69) is 4.72 Å². The van der Waals surface area contributed by atoms with Crippen molar-refractivity contribution >= 4 is 33.2 Å². The lowest BCUT2D eigenvalue weighted by Crippen LogP contribution is -2.26. The molecular formula is C14H13Cl2NO2S. The molecule has 0 aromatic heterocycles. The van der Waals surface area contributed by atoms with Crippen LogP contribution in [0.25, 0.3) is 0 Å². The lowest BCUT2D eigenvalue weighted by molar-refractivity contribution is 0.567. The molecule has 2 aromatic rings. The molecule has 0 bridgehead atoms. The molecule has 0 saturated carbocycles. The zero-order valence-corrected chi connectivity index (χ0v) is 13.0. The van der Waals surface area contributed by atoms with Crippen LogP contribution >= 0.6 is 23.2 Å². The summed E-state index contributed by atoms with van der Waals surface area (Å²) in [5, 5.41) is 1.06. The fourth-order valence-electron chi connectivity index (χ4n) is 1.76. The fraction of sp³-hybridized carbons (Fsp3) is 0.143. The lowest BCUT2D eigenvalue weighted by atomic mass is 10.1. The Labute approximate surface area is 128 Å². The first-order chi connectivity index (χ1) is 9.38. The Morgan fingerprint density at radius 2 is 1.65 bits per heavy atom. The highest BCUT2D eigenvalue weighted by Gasteiger charge is 2.18. The number of benzene rings is 2. The lowest BCUT2D eigenvalue weighted by Gasteiger charge is -2.15. The molecule has 6 heteroatoms. The monoisotopic (exact) mass is 329 g/mol. The van der Waals surface area contributed by atoms with E-state index in [-0.39, 0.29) is 10.9 Å². The van der Waals surface area contributed by atoms with Crippen LogP contribution in [-0.4, -0.2) is 8.42 Å². The number of nitrogens with one attached hydrogen (secondary N) is 1. The van der Waals surface area contributed by atoms with Gasteiger partial charge < -0.3 is 0 Å². The van der Waals surface area contributed by atoms with Gasteiger partial charge in [-0.3, -0.25) is 0 Å². The van der Waals surface area contributed by atoms with Gasteiger partial charge in [0.15, 0.2) is 0 Å². The number of sulfonamides is 1. The molecule has 0 amide bonds. The van der Waals surface area contributed by atoms with Gasteiger partial charge >= 0.3 is 0 Å². The predicted molar refractivity (Wildman–Crippen MR) is 81.6 cm³/mol. The van der Waals surface area contributed by atoms with E-state index in [1.807, 2.05) is 6.07 Å². The number of hydrogen-bond donors (Lipinski definition) is 1.